The maximum absolute atomic E-state index is 13.1. The Hall–Kier alpha value is -2.35. The van der Waals surface area contributed by atoms with Crippen LogP contribution in [-0.2, 0) is 12.1 Å². The van der Waals surface area contributed by atoms with E-state index in [9.17, 15) is 14.3 Å². The maximum Gasteiger partial charge on any atom is 0.289 e. The fraction of sp³-hybridized carbons (Fsp3) is 0.400. The van der Waals surface area contributed by atoms with Crippen molar-refractivity contribution in [3.63, 3.8) is 0 Å². The highest BCUT2D eigenvalue weighted by Gasteiger charge is 2.34. The summed E-state index contributed by atoms with van der Waals surface area (Å²) in [6, 6.07) is 14.1. The lowest BCUT2D eigenvalue weighted by atomic mass is 9.84. The topological polar surface area (TPSA) is 56.9 Å². The summed E-state index contributed by atoms with van der Waals surface area (Å²) in [5.41, 5.74) is 1.70. The van der Waals surface area contributed by atoms with Crippen LogP contribution in [0.1, 0.15) is 34.5 Å². The van der Waals surface area contributed by atoms with Crippen molar-refractivity contribution in [2.45, 2.75) is 25.0 Å². The highest BCUT2D eigenvalue weighted by atomic mass is 32.2. The Kier molecular flexibility index (Phi) is 5.97. The van der Waals surface area contributed by atoms with Gasteiger partial charge in [0.25, 0.3) is 5.91 Å². The smallest absolute Gasteiger partial charge is 0.289 e. The molecule has 0 aliphatic carbocycles. The summed E-state index contributed by atoms with van der Waals surface area (Å²) >= 11 is 1.86. The first-order chi connectivity index (χ1) is 15.5. The predicted octanol–water partition coefficient (Wildman–Crippen LogP) is 4.24. The normalized spacial score (nSPS) is 19.4. The lowest BCUT2D eigenvalue weighted by molar-refractivity contribution is -0.0276. The number of hydrogen-bond acceptors (Lipinski definition) is 5. The molecular formula is C25H27FN2O3S. The van der Waals surface area contributed by atoms with Crippen molar-refractivity contribution in [1.29, 1.82) is 0 Å². The molecule has 0 spiro atoms. The number of carbonyl (C=O) groups is 1. The van der Waals surface area contributed by atoms with Crippen molar-refractivity contribution in [2.75, 3.05) is 37.7 Å². The Morgan fingerprint density at radius 3 is 2.47 bits per heavy atom. The van der Waals surface area contributed by atoms with E-state index in [-0.39, 0.29) is 11.7 Å². The molecule has 2 saturated heterocycles. The zero-order valence-electron chi connectivity index (χ0n) is 17.9. The van der Waals surface area contributed by atoms with Gasteiger partial charge in [-0.1, -0.05) is 18.2 Å². The summed E-state index contributed by atoms with van der Waals surface area (Å²) < 4.78 is 19.0. The molecule has 168 valence electrons. The fourth-order valence-corrected chi connectivity index (χ4v) is 5.48. The monoisotopic (exact) mass is 454 g/mol. The van der Waals surface area contributed by atoms with Gasteiger partial charge in [-0.3, -0.25) is 9.69 Å². The van der Waals surface area contributed by atoms with Gasteiger partial charge in [-0.15, -0.1) is 0 Å². The van der Waals surface area contributed by atoms with E-state index in [2.05, 4.69) is 4.90 Å². The van der Waals surface area contributed by atoms with Crippen LogP contribution in [0.25, 0.3) is 11.0 Å². The Balaban J connectivity index is 1.28. The Labute approximate surface area is 191 Å². The Morgan fingerprint density at radius 1 is 1.03 bits per heavy atom. The third-order valence-electron chi connectivity index (χ3n) is 6.57. The minimum atomic E-state index is -0.904. The molecule has 2 aliphatic rings. The Morgan fingerprint density at radius 2 is 1.75 bits per heavy atom. The maximum atomic E-state index is 13.1. The van der Waals surface area contributed by atoms with Gasteiger partial charge in [0.1, 0.15) is 11.4 Å². The van der Waals surface area contributed by atoms with Crippen molar-refractivity contribution in [3.8, 4) is 0 Å². The zero-order chi connectivity index (χ0) is 22.1. The van der Waals surface area contributed by atoms with E-state index in [0.29, 0.717) is 24.2 Å². The number of carbonyl (C=O) groups excluding carboxylic acids is 1. The second-order valence-corrected chi connectivity index (χ2v) is 9.93. The van der Waals surface area contributed by atoms with Crippen molar-refractivity contribution in [1.82, 2.24) is 9.80 Å². The summed E-state index contributed by atoms with van der Waals surface area (Å²) in [6.07, 6.45) is 1.24. The van der Waals surface area contributed by atoms with Gasteiger partial charge in [-0.25, -0.2) is 4.39 Å². The number of likely N-dealkylation sites (tertiary alicyclic amines) is 1. The van der Waals surface area contributed by atoms with Crippen LogP contribution in [-0.4, -0.2) is 58.5 Å². The van der Waals surface area contributed by atoms with Crippen molar-refractivity contribution in [2.24, 2.45) is 0 Å². The number of thioether (sulfide) groups is 1. The molecule has 3 aromatic rings. The summed E-state index contributed by atoms with van der Waals surface area (Å²) in [7, 11) is 0. The number of hydrogen-bond donors (Lipinski definition) is 1. The molecule has 0 unspecified atom stereocenters. The van der Waals surface area contributed by atoms with Crippen LogP contribution in [0.2, 0.25) is 0 Å². The van der Waals surface area contributed by atoms with Gasteiger partial charge >= 0.3 is 0 Å². The molecule has 1 N–H and O–H groups in total. The predicted molar refractivity (Wildman–Crippen MR) is 124 cm³/mol. The number of furan rings is 1. The van der Waals surface area contributed by atoms with Gasteiger partial charge in [0, 0.05) is 49.6 Å². The molecule has 1 aromatic heterocycles. The minimum Gasteiger partial charge on any atom is -0.451 e. The van der Waals surface area contributed by atoms with E-state index in [4.69, 9.17) is 4.42 Å². The van der Waals surface area contributed by atoms with Crippen LogP contribution in [0.3, 0.4) is 0 Å². The van der Waals surface area contributed by atoms with Crippen LogP contribution >= 0.6 is 11.8 Å². The molecule has 0 bridgehead atoms. The summed E-state index contributed by atoms with van der Waals surface area (Å²) in [6.45, 7) is 3.76. The fourth-order valence-electron chi connectivity index (χ4n) is 4.58. The molecule has 7 heteroatoms. The van der Waals surface area contributed by atoms with Crippen molar-refractivity contribution >= 4 is 28.6 Å². The highest BCUT2D eigenvalue weighted by Crippen LogP contribution is 2.35. The largest absolute Gasteiger partial charge is 0.451 e. The first kappa shape index (κ1) is 21.5. The highest BCUT2D eigenvalue weighted by molar-refractivity contribution is 7.99. The molecule has 5 nitrogen and oxygen atoms in total. The molecule has 5 rings (SSSR count). The van der Waals surface area contributed by atoms with Gasteiger partial charge in [-0.2, -0.15) is 11.8 Å². The van der Waals surface area contributed by atoms with E-state index in [1.807, 2.05) is 47.0 Å². The number of nitrogens with zero attached hydrogens (tertiary/aromatic N) is 2. The molecule has 2 fully saturated rings. The molecular weight excluding hydrogens is 427 g/mol. The second-order valence-electron chi connectivity index (χ2n) is 8.70. The van der Waals surface area contributed by atoms with Crippen LogP contribution in [0, 0.1) is 5.82 Å². The van der Waals surface area contributed by atoms with Gasteiger partial charge in [0.15, 0.2) is 5.76 Å². The number of aliphatic hydroxyl groups is 1. The van der Waals surface area contributed by atoms with Gasteiger partial charge < -0.3 is 14.4 Å². The summed E-state index contributed by atoms with van der Waals surface area (Å²) in [5, 5.41) is 12.2. The van der Waals surface area contributed by atoms with Gasteiger partial charge in [0.05, 0.1) is 5.60 Å². The molecule has 1 amide bonds. The molecule has 2 aliphatic heterocycles. The van der Waals surface area contributed by atoms with E-state index in [0.717, 1.165) is 60.7 Å². The summed E-state index contributed by atoms with van der Waals surface area (Å²) in [4.78, 5) is 16.9. The van der Waals surface area contributed by atoms with Crippen LogP contribution in [0.4, 0.5) is 4.39 Å². The molecule has 0 saturated carbocycles. The number of piperidine rings is 1. The van der Waals surface area contributed by atoms with Crippen molar-refractivity contribution < 1.29 is 18.7 Å². The van der Waals surface area contributed by atoms with Crippen LogP contribution < -0.4 is 0 Å². The standard InChI is InChI=1S/C25H27FN2O3S/c26-21-4-1-18(2-5-21)17-27-9-7-25(30,8-10-27)20-3-6-22-19(15-20)16-23(31-22)24(29)28-11-13-32-14-12-28/h1-6,15-16,30H,7-14,17H2. The average Bonchev–Trinajstić information content (AvgIpc) is 3.26. The number of rotatable bonds is 4. The third-order valence-corrected chi connectivity index (χ3v) is 7.51. The van der Waals surface area contributed by atoms with E-state index < -0.39 is 5.60 Å². The number of benzene rings is 2. The van der Waals surface area contributed by atoms with Crippen molar-refractivity contribution in [3.05, 3.63) is 71.2 Å². The molecule has 32 heavy (non-hydrogen) atoms. The molecule has 0 radical (unpaired) electrons. The first-order valence-corrected chi connectivity index (χ1v) is 12.3. The van der Waals surface area contributed by atoms with E-state index >= 15 is 0 Å². The first-order valence-electron chi connectivity index (χ1n) is 11.1. The second kappa shape index (κ2) is 8.89. The quantitative estimate of drug-likeness (QED) is 0.639. The van der Waals surface area contributed by atoms with Crippen LogP contribution in [0.5, 0.6) is 0 Å². The number of amides is 1. The average molecular weight is 455 g/mol. The third kappa shape index (κ3) is 4.42. The molecule has 0 atom stereocenters. The number of halogens is 1. The lowest BCUT2D eigenvalue weighted by Crippen LogP contribution is -2.42. The van der Waals surface area contributed by atoms with E-state index in [1.54, 1.807) is 6.07 Å². The minimum absolute atomic E-state index is 0.0594. The molecule has 3 heterocycles. The number of fused-ring (bicyclic) bond motifs is 1. The van der Waals surface area contributed by atoms with Crippen LogP contribution in [0.15, 0.2) is 52.9 Å². The SMILES string of the molecule is O=C(c1cc2cc(C3(O)CCN(Cc4ccc(F)cc4)CC3)ccc2o1)N1CCSCC1. The molecule has 2 aromatic carbocycles. The zero-order valence-corrected chi connectivity index (χ0v) is 18.7. The Bertz CT molecular complexity index is 1100. The van der Waals surface area contributed by atoms with Gasteiger partial charge in [-0.05, 0) is 54.3 Å². The lowest BCUT2D eigenvalue weighted by Gasteiger charge is -2.38. The van der Waals surface area contributed by atoms with Gasteiger partial charge in [0.2, 0.25) is 0 Å². The van der Waals surface area contributed by atoms with E-state index in [1.165, 1.54) is 12.1 Å². The summed E-state index contributed by atoms with van der Waals surface area (Å²) in [5.74, 6) is 2.00.